The van der Waals surface area contributed by atoms with Gasteiger partial charge in [-0.3, -0.25) is 9.78 Å². The zero-order valence-corrected chi connectivity index (χ0v) is 18.3. The summed E-state index contributed by atoms with van der Waals surface area (Å²) in [6.45, 7) is 4.00. The van der Waals surface area contributed by atoms with Gasteiger partial charge in [-0.15, -0.1) is 0 Å². The number of halogens is 2. The monoisotopic (exact) mass is 446 g/mol. The van der Waals surface area contributed by atoms with E-state index in [0.29, 0.717) is 34.7 Å². The summed E-state index contributed by atoms with van der Waals surface area (Å²) in [4.78, 5) is 21.3. The number of Topliss-reactive ketones (excluding diaryl/α,β-unsaturated/α-hetero) is 1. The van der Waals surface area contributed by atoms with Crippen molar-refractivity contribution in [3.05, 3.63) is 40.9 Å². The molecule has 4 heterocycles. The number of anilines is 1. The third-order valence-electron chi connectivity index (χ3n) is 6.03. The van der Waals surface area contributed by atoms with E-state index in [4.69, 9.17) is 16.3 Å². The predicted octanol–water partition coefficient (Wildman–Crippen LogP) is 3.89. The number of pyridine rings is 2. The lowest BCUT2D eigenvalue weighted by atomic mass is 9.92. The van der Waals surface area contributed by atoms with E-state index in [0.717, 1.165) is 58.2 Å². The normalized spacial score (nSPS) is 19.9. The van der Waals surface area contributed by atoms with Gasteiger partial charge in [0.05, 0.1) is 16.9 Å². The Morgan fingerprint density at radius 1 is 1.29 bits per heavy atom. The number of rotatable bonds is 7. The van der Waals surface area contributed by atoms with Crippen LogP contribution < -0.4 is 10.6 Å². The van der Waals surface area contributed by atoms with Crippen LogP contribution in [0.4, 0.5) is 10.2 Å². The maximum Gasteiger partial charge on any atom is 0.150 e. The van der Waals surface area contributed by atoms with Gasteiger partial charge in [-0.2, -0.15) is 0 Å². The summed E-state index contributed by atoms with van der Waals surface area (Å²) < 4.78 is 20.0. The van der Waals surface area contributed by atoms with Crippen molar-refractivity contribution in [3.8, 4) is 11.3 Å². The zero-order chi connectivity index (χ0) is 21.6. The highest BCUT2D eigenvalue weighted by molar-refractivity contribution is 6.33. The zero-order valence-electron chi connectivity index (χ0n) is 17.5. The topological polar surface area (TPSA) is 76.1 Å². The summed E-state index contributed by atoms with van der Waals surface area (Å²) in [7, 11) is 0. The highest BCUT2D eigenvalue weighted by atomic mass is 35.5. The van der Waals surface area contributed by atoms with Crippen molar-refractivity contribution in [2.75, 3.05) is 38.2 Å². The van der Waals surface area contributed by atoms with Gasteiger partial charge in [-0.1, -0.05) is 11.6 Å². The fraction of sp³-hybridized carbons (Fsp3) is 0.522. The van der Waals surface area contributed by atoms with Gasteiger partial charge in [0.1, 0.15) is 11.6 Å². The smallest absolute Gasteiger partial charge is 0.150 e. The minimum absolute atomic E-state index is 0.0107. The molecule has 6 nitrogen and oxygen atoms in total. The molecule has 4 rings (SSSR count). The molecule has 8 heteroatoms. The molecule has 2 aromatic heterocycles. The molecule has 2 N–H and O–H groups in total. The number of nitrogens with one attached hydrogen (secondary N) is 2. The van der Waals surface area contributed by atoms with Crippen LogP contribution in [0.25, 0.3) is 11.3 Å². The molecular weight excluding hydrogens is 419 g/mol. The second-order valence-electron chi connectivity index (χ2n) is 8.31. The second-order valence-corrected chi connectivity index (χ2v) is 8.71. The molecule has 0 spiro atoms. The van der Waals surface area contributed by atoms with Crippen molar-refractivity contribution in [1.29, 1.82) is 0 Å². The van der Waals surface area contributed by atoms with Crippen molar-refractivity contribution in [1.82, 2.24) is 15.3 Å². The van der Waals surface area contributed by atoms with E-state index >= 15 is 0 Å². The molecular formula is C23H28ClFN4O2. The molecule has 1 atom stereocenters. The highest BCUT2D eigenvalue weighted by Gasteiger charge is 2.22. The summed E-state index contributed by atoms with van der Waals surface area (Å²) in [5.74, 6) is 0.783. The molecule has 2 aliphatic rings. The third kappa shape index (κ3) is 5.79. The first-order valence-electron chi connectivity index (χ1n) is 11.0. The largest absolute Gasteiger partial charge is 0.381 e. The minimum Gasteiger partial charge on any atom is -0.381 e. The molecule has 2 aromatic rings. The lowest BCUT2D eigenvalue weighted by Crippen LogP contribution is -2.35. The maximum absolute atomic E-state index is 14.6. The average Bonchev–Trinajstić information content (AvgIpc) is 2.81. The predicted molar refractivity (Wildman–Crippen MR) is 119 cm³/mol. The molecule has 0 aromatic carbocycles. The Morgan fingerprint density at radius 3 is 2.90 bits per heavy atom. The van der Waals surface area contributed by atoms with Crippen LogP contribution >= 0.6 is 11.6 Å². The maximum atomic E-state index is 14.6. The van der Waals surface area contributed by atoms with Crippen LogP contribution in [0.5, 0.6) is 0 Å². The molecule has 0 unspecified atom stereocenters. The van der Waals surface area contributed by atoms with E-state index in [1.807, 2.05) is 0 Å². The van der Waals surface area contributed by atoms with Crippen LogP contribution in [0.15, 0.2) is 24.4 Å². The van der Waals surface area contributed by atoms with Gasteiger partial charge >= 0.3 is 0 Å². The molecule has 0 amide bonds. The number of carbonyl (C=O) groups is 1. The number of carbonyl (C=O) groups excluding carboxylic acids is 1. The molecule has 31 heavy (non-hydrogen) atoms. The van der Waals surface area contributed by atoms with Crippen molar-refractivity contribution in [2.45, 2.75) is 32.1 Å². The lowest BCUT2D eigenvalue weighted by molar-refractivity contribution is -0.122. The molecule has 2 saturated heterocycles. The van der Waals surface area contributed by atoms with Crippen LogP contribution in [0.2, 0.25) is 5.02 Å². The van der Waals surface area contributed by atoms with Gasteiger partial charge in [0.25, 0.3) is 0 Å². The second kappa shape index (κ2) is 10.5. The average molecular weight is 447 g/mol. The number of ether oxygens (including phenoxy) is 1. The Kier molecular flexibility index (Phi) is 7.48. The fourth-order valence-electron chi connectivity index (χ4n) is 4.14. The first-order chi connectivity index (χ1) is 15.1. The van der Waals surface area contributed by atoms with Crippen molar-refractivity contribution >= 4 is 23.2 Å². The first-order valence-corrected chi connectivity index (χ1v) is 11.3. The van der Waals surface area contributed by atoms with E-state index in [1.54, 1.807) is 18.2 Å². The highest BCUT2D eigenvalue weighted by Crippen LogP contribution is 2.30. The number of piperidine rings is 1. The van der Waals surface area contributed by atoms with Gasteiger partial charge in [-0.25, -0.2) is 9.37 Å². The SMILES string of the molecule is O=C(Cc1cc(-c2nc(NCC3CCOCC3)ccc2Cl)c(F)cn1)[C@@H]1CCCNC1. The first kappa shape index (κ1) is 22.1. The molecule has 0 saturated carbocycles. The van der Waals surface area contributed by atoms with Gasteiger partial charge in [0.2, 0.25) is 0 Å². The molecule has 166 valence electrons. The van der Waals surface area contributed by atoms with E-state index in [-0.39, 0.29) is 23.7 Å². The quantitative estimate of drug-likeness (QED) is 0.672. The Balaban J connectivity index is 1.49. The van der Waals surface area contributed by atoms with Gasteiger partial charge in [-0.05, 0) is 56.3 Å². The van der Waals surface area contributed by atoms with Crippen LogP contribution in [0.1, 0.15) is 31.4 Å². The van der Waals surface area contributed by atoms with E-state index in [9.17, 15) is 9.18 Å². The standard InChI is InChI=1S/C23H28ClFN4O2/c24-19-3-4-22(28-12-15-5-8-31-9-6-15)29-23(19)18-10-17(27-14-20(18)25)11-21(30)16-2-1-7-26-13-16/h3-4,10,14-16,26H,1-2,5-9,11-13H2,(H,28,29)/t16-/m1/s1. The molecule has 0 aliphatic carbocycles. The van der Waals surface area contributed by atoms with E-state index in [2.05, 4.69) is 20.6 Å². The summed E-state index contributed by atoms with van der Waals surface area (Å²) in [6, 6.07) is 5.11. The Morgan fingerprint density at radius 2 is 2.13 bits per heavy atom. The molecule has 2 fully saturated rings. The van der Waals surface area contributed by atoms with Crippen molar-refractivity contribution in [2.24, 2.45) is 11.8 Å². The fourth-order valence-corrected chi connectivity index (χ4v) is 4.35. The van der Waals surface area contributed by atoms with Crippen molar-refractivity contribution < 1.29 is 13.9 Å². The number of aromatic nitrogens is 2. The Labute approximate surface area is 187 Å². The van der Waals surface area contributed by atoms with Crippen LogP contribution in [-0.4, -0.2) is 48.6 Å². The van der Waals surface area contributed by atoms with Gasteiger partial charge in [0, 0.05) is 49.9 Å². The molecule has 2 aliphatic heterocycles. The Bertz CT molecular complexity index is 914. The molecule has 0 radical (unpaired) electrons. The van der Waals surface area contributed by atoms with Crippen molar-refractivity contribution in [3.63, 3.8) is 0 Å². The number of nitrogens with zero attached hydrogens (tertiary/aromatic N) is 2. The summed E-state index contributed by atoms with van der Waals surface area (Å²) >= 11 is 6.36. The van der Waals surface area contributed by atoms with Gasteiger partial charge in [0.15, 0.2) is 5.82 Å². The summed E-state index contributed by atoms with van der Waals surface area (Å²) in [6.07, 6.45) is 5.23. The third-order valence-corrected chi connectivity index (χ3v) is 6.34. The number of hydrogen-bond acceptors (Lipinski definition) is 6. The number of hydrogen-bond donors (Lipinski definition) is 2. The Hall–Kier alpha value is -2.09. The van der Waals surface area contributed by atoms with Gasteiger partial charge < -0.3 is 15.4 Å². The molecule has 0 bridgehead atoms. The van der Waals surface area contributed by atoms with Crippen LogP contribution in [0.3, 0.4) is 0 Å². The van der Waals surface area contributed by atoms with E-state index < -0.39 is 5.82 Å². The van der Waals surface area contributed by atoms with Crippen LogP contribution in [-0.2, 0) is 16.0 Å². The lowest BCUT2D eigenvalue weighted by Gasteiger charge is -2.22. The minimum atomic E-state index is -0.508. The van der Waals surface area contributed by atoms with Crippen LogP contribution in [0, 0.1) is 17.7 Å². The number of ketones is 1. The van der Waals surface area contributed by atoms with E-state index in [1.165, 1.54) is 0 Å². The summed E-state index contributed by atoms with van der Waals surface area (Å²) in [5.41, 5.74) is 1.15. The summed E-state index contributed by atoms with van der Waals surface area (Å²) in [5, 5.41) is 6.95.